The first-order valence-corrected chi connectivity index (χ1v) is 15.0. The van der Waals surface area contributed by atoms with Crippen molar-refractivity contribution in [3.8, 4) is 0 Å². The third kappa shape index (κ3) is 5.18. The molecule has 2 aromatic rings. The second kappa shape index (κ2) is 11.0. The first kappa shape index (κ1) is 27.6. The summed E-state index contributed by atoms with van der Waals surface area (Å²) in [4.78, 5) is 46.3. The van der Waals surface area contributed by atoms with Gasteiger partial charge in [0, 0.05) is 69.2 Å². The second-order valence-corrected chi connectivity index (χ2v) is 12.4. The monoisotopic (exact) mass is 563 g/mol. The van der Waals surface area contributed by atoms with E-state index in [0.29, 0.717) is 26.1 Å². The van der Waals surface area contributed by atoms with Crippen LogP contribution >= 0.6 is 0 Å². The first-order chi connectivity index (χ1) is 19.8. The number of likely N-dealkylation sites (tertiary alicyclic amines) is 1. The van der Waals surface area contributed by atoms with Gasteiger partial charge in [-0.2, -0.15) is 0 Å². The van der Waals surface area contributed by atoms with Gasteiger partial charge in [-0.15, -0.1) is 0 Å². The van der Waals surface area contributed by atoms with Crippen molar-refractivity contribution in [2.45, 2.75) is 63.1 Å². The van der Waals surface area contributed by atoms with Gasteiger partial charge in [-0.1, -0.05) is 43.2 Å². The van der Waals surface area contributed by atoms with E-state index in [9.17, 15) is 24.6 Å². The van der Waals surface area contributed by atoms with Crippen LogP contribution in [-0.4, -0.2) is 93.0 Å². The highest BCUT2D eigenvalue weighted by atomic mass is 16.4. The fourth-order valence-corrected chi connectivity index (χ4v) is 7.67. The predicted molar refractivity (Wildman–Crippen MR) is 155 cm³/mol. The zero-order chi connectivity index (χ0) is 28.6. The van der Waals surface area contributed by atoms with Crippen LogP contribution in [0.25, 0.3) is 0 Å². The first-order valence-electron chi connectivity index (χ1n) is 15.0. The maximum atomic E-state index is 14.1. The van der Waals surface area contributed by atoms with Gasteiger partial charge in [-0.05, 0) is 43.7 Å². The molecule has 10 nitrogen and oxygen atoms in total. The molecule has 4 heterocycles. The number of nitrogens with zero attached hydrogens (tertiary/aromatic N) is 5. The summed E-state index contributed by atoms with van der Waals surface area (Å²) in [6, 6.07) is 12.8. The number of pyridine rings is 1. The van der Waals surface area contributed by atoms with Crippen LogP contribution in [0.3, 0.4) is 0 Å². The summed E-state index contributed by atoms with van der Waals surface area (Å²) in [5.41, 5.74) is 0.172. The van der Waals surface area contributed by atoms with Crippen molar-refractivity contribution >= 4 is 17.8 Å². The fraction of sp³-hybridized carbons (Fsp3) is 0.581. The van der Waals surface area contributed by atoms with Crippen LogP contribution in [0.15, 0.2) is 53.5 Å². The largest absolute Gasteiger partial charge is 0.465 e. The van der Waals surface area contributed by atoms with Gasteiger partial charge < -0.3 is 34.4 Å². The van der Waals surface area contributed by atoms with Crippen LogP contribution in [0.2, 0.25) is 0 Å². The number of carbonyl (C=O) groups excluding carboxylic acids is 1. The number of hydrogen-bond acceptors (Lipinski definition) is 5. The number of carboxylic acid groups (broad SMARTS) is 1. The van der Waals surface area contributed by atoms with E-state index < -0.39 is 17.1 Å². The number of anilines is 1. The van der Waals surface area contributed by atoms with Crippen LogP contribution in [0.5, 0.6) is 0 Å². The average Bonchev–Trinajstić information content (AvgIpc) is 3.69. The van der Waals surface area contributed by atoms with Gasteiger partial charge >= 0.3 is 12.1 Å². The standard InChI is InChI=1S/C31H41N5O5/c37-27-20-25(32-14-6-7-15-32)10-16-34(27)23-31(41)13-17-35(22-30(31)11-4-5-12-30)28(38)36-19-18-33(29(39)40)21-26(36)24-8-2-1-3-9-24/h1-3,8-10,16,20,26,41H,4-7,11-15,17-19,21-23H2,(H,39,40)/t26-,31+/m0/s1. The van der Waals surface area contributed by atoms with Crippen molar-refractivity contribution in [3.05, 3.63) is 64.6 Å². The number of urea groups is 1. The molecule has 2 N–H and O–H groups in total. The molecule has 0 bridgehead atoms. The van der Waals surface area contributed by atoms with Gasteiger partial charge in [0.15, 0.2) is 0 Å². The van der Waals surface area contributed by atoms with E-state index in [1.807, 2.05) is 52.4 Å². The Kier molecular flexibility index (Phi) is 7.44. The van der Waals surface area contributed by atoms with Crippen LogP contribution in [-0.2, 0) is 6.54 Å². The number of aliphatic hydroxyl groups is 1. The Bertz CT molecular complexity index is 1320. The lowest BCUT2D eigenvalue weighted by Gasteiger charge is -2.53. The van der Waals surface area contributed by atoms with Crippen molar-refractivity contribution in [1.82, 2.24) is 19.3 Å². The van der Waals surface area contributed by atoms with Gasteiger partial charge in [-0.25, -0.2) is 9.59 Å². The molecule has 3 amide bonds. The molecule has 1 aromatic carbocycles. The Morgan fingerprint density at radius 3 is 2.29 bits per heavy atom. The van der Waals surface area contributed by atoms with Crippen molar-refractivity contribution in [2.75, 3.05) is 50.7 Å². The fourth-order valence-electron chi connectivity index (χ4n) is 7.67. The summed E-state index contributed by atoms with van der Waals surface area (Å²) in [7, 11) is 0. The van der Waals surface area contributed by atoms with Gasteiger partial charge in [0.2, 0.25) is 0 Å². The van der Waals surface area contributed by atoms with Crippen LogP contribution < -0.4 is 10.5 Å². The van der Waals surface area contributed by atoms with Gasteiger partial charge in [0.25, 0.3) is 5.56 Å². The van der Waals surface area contributed by atoms with Gasteiger partial charge in [0.1, 0.15) is 0 Å². The summed E-state index contributed by atoms with van der Waals surface area (Å²) in [6.07, 6.45) is 7.10. The Morgan fingerprint density at radius 2 is 1.61 bits per heavy atom. The van der Waals surface area contributed by atoms with E-state index in [1.54, 1.807) is 10.6 Å². The molecule has 0 radical (unpaired) electrons. The molecule has 41 heavy (non-hydrogen) atoms. The van der Waals surface area contributed by atoms with Gasteiger partial charge in [-0.3, -0.25) is 4.79 Å². The minimum absolute atomic E-state index is 0.100. The Labute approximate surface area is 240 Å². The number of amides is 3. The lowest BCUT2D eigenvalue weighted by atomic mass is 9.66. The van der Waals surface area contributed by atoms with Crippen LogP contribution in [0, 0.1) is 5.41 Å². The zero-order valence-electron chi connectivity index (χ0n) is 23.7. The maximum Gasteiger partial charge on any atom is 0.407 e. The highest BCUT2D eigenvalue weighted by molar-refractivity contribution is 5.76. The molecule has 1 saturated carbocycles. The number of rotatable bonds is 4. The maximum absolute atomic E-state index is 14.1. The molecule has 220 valence electrons. The van der Waals surface area contributed by atoms with Crippen molar-refractivity contribution in [2.24, 2.45) is 5.41 Å². The van der Waals surface area contributed by atoms with E-state index in [0.717, 1.165) is 62.9 Å². The number of carbonyl (C=O) groups is 2. The predicted octanol–water partition coefficient (Wildman–Crippen LogP) is 3.60. The summed E-state index contributed by atoms with van der Waals surface area (Å²) in [5.74, 6) is 0. The van der Waals surface area contributed by atoms with Crippen molar-refractivity contribution < 1.29 is 19.8 Å². The molecule has 10 heteroatoms. The van der Waals surface area contributed by atoms with Crippen molar-refractivity contribution in [1.29, 1.82) is 0 Å². The van der Waals surface area contributed by atoms with Crippen LogP contribution in [0.4, 0.5) is 15.3 Å². The highest BCUT2D eigenvalue weighted by Crippen LogP contribution is 2.52. The number of piperidine rings is 1. The summed E-state index contributed by atoms with van der Waals surface area (Å²) < 4.78 is 1.65. The van der Waals surface area contributed by atoms with Crippen LogP contribution in [0.1, 0.15) is 56.6 Å². The van der Waals surface area contributed by atoms with E-state index >= 15 is 0 Å². The molecule has 2 atom stereocenters. The lowest BCUT2D eigenvalue weighted by molar-refractivity contribution is -0.137. The number of aromatic nitrogens is 1. The Balaban J connectivity index is 1.22. The van der Waals surface area contributed by atoms with E-state index in [1.165, 1.54) is 4.90 Å². The lowest BCUT2D eigenvalue weighted by Crippen LogP contribution is -2.64. The van der Waals surface area contributed by atoms with E-state index in [4.69, 9.17) is 0 Å². The Morgan fingerprint density at radius 1 is 0.878 bits per heavy atom. The number of hydrogen-bond donors (Lipinski definition) is 2. The molecule has 4 fully saturated rings. The molecule has 0 unspecified atom stereocenters. The molecular weight excluding hydrogens is 522 g/mol. The molecule has 1 aliphatic carbocycles. The molecule has 4 aliphatic rings. The van der Waals surface area contributed by atoms with Crippen molar-refractivity contribution in [3.63, 3.8) is 0 Å². The number of benzene rings is 1. The smallest absolute Gasteiger partial charge is 0.407 e. The third-order valence-electron chi connectivity index (χ3n) is 10.1. The Hall–Kier alpha value is -3.53. The van der Waals surface area contributed by atoms with E-state index in [-0.39, 0.29) is 37.3 Å². The topological polar surface area (TPSA) is 110 Å². The molecule has 1 aromatic heterocycles. The zero-order valence-corrected chi connectivity index (χ0v) is 23.7. The summed E-state index contributed by atoms with van der Waals surface area (Å²) >= 11 is 0. The quantitative estimate of drug-likeness (QED) is 0.589. The highest BCUT2D eigenvalue weighted by Gasteiger charge is 2.56. The summed E-state index contributed by atoms with van der Waals surface area (Å²) in [5, 5.41) is 21.9. The number of piperazine rings is 1. The van der Waals surface area contributed by atoms with Gasteiger partial charge in [0.05, 0.1) is 18.2 Å². The SMILES string of the molecule is O=C(O)N1CCN(C(=O)N2CC[C@@](O)(Cn3ccc(N4CCCC4)cc3=O)C3(CCCC3)C2)[C@H](c2ccccc2)C1. The molecule has 6 rings (SSSR count). The molecular formula is C31H41N5O5. The normalized spacial score (nSPS) is 26.1. The molecule has 3 saturated heterocycles. The minimum atomic E-state index is -1.10. The minimum Gasteiger partial charge on any atom is -0.465 e. The third-order valence-corrected chi connectivity index (χ3v) is 10.1. The van der Waals surface area contributed by atoms with E-state index in [2.05, 4.69) is 4.90 Å². The molecule has 1 spiro atoms. The average molecular weight is 564 g/mol. The second-order valence-electron chi connectivity index (χ2n) is 12.4. The molecule has 3 aliphatic heterocycles. The summed E-state index contributed by atoms with van der Waals surface area (Å²) in [6.45, 7) is 3.79.